The van der Waals surface area contributed by atoms with E-state index in [1.54, 1.807) is 42.5 Å². The predicted octanol–water partition coefficient (Wildman–Crippen LogP) is 3.17. The second kappa shape index (κ2) is 5.47. The van der Waals surface area contributed by atoms with Crippen LogP contribution in [0.2, 0.25) is 0 Å². The molecular weight excluding hydrogens is 262 g/mol. The van der Waals surface area contributed by atoms with Gasteiger partial charge in [0.2, 0.25) is 0 Å². The maximum Gasteiger partial charge on any atom is 0.253 e. The fraction of sp³-hybridized carbons (Fsp3) is 0. The third kappa shape index (κ3) is 2.70. The summed E-state index contributed by atoms with van der Waals surface area (Å²) in [5.74, 6) is -0.297. The first-order chi connectivity index (χ1) is 9.13. The van der Waals surface area contributed by atoms with Crippen LogP contribution in [0, 0.1) is 11.3 Å². The summed E-state index contributed by atoms with van der Waals surface area (Å²) < 4.78 is 0. The molecule has 0 spiro atoms. The van der Waals surface area contributed by atoms with Crippen molar-refractivity contribution in [1.82, 2.24) is 0 Å². The van der Waals surface area contributed by atoms with E-state index in [4.69, 9.17) is 16.9 Å². The SMILES string of the molecule is N#Cc1ccc(C(=O)c2ccccc2C(=O)Cl)cc1. The van der Waals surface area contributed by atoms with Gasteiger partial charge in [0.05, 0.1) is 11.6 Å². The molecule has 0 aliphatic carbocycles. The average molecular weight is 270 g/mol. The van der Waals surface area contributed by atoms with Gasteiger partial charge in [-0.1, -0.05) is 18.2 Å². The molecule has 0 aromatic heterocycles. The van der Waals surface area contributed by atoms with Crippen LogP contribution >= 0.6 is 11.6 Å². The maximum absolute atomic E-state index is 12.3. The molecule has 0 heterocycles. The van der Waals surface area contributed by atoms with Crippen LogP contribution in [0.1, 0.15) is 31.8 Å². The molecule has 0 unspecified atom stereocenters. The highest BCUT2D eigenvalue weighted by Crippen LogP contribution is 2.17. The molecule has 0 saturated heterocycles. The van der Waals surface area contributed by atoms with E-state index >= 15 is 0 Å². The summed E-state index contributed by atoms with van der Waals surface area (Å²) in [5, 5.41) is 8.04. The van der Waals surface area contributed by atoms with Gasteiger partial charge in [-0.2, -0.15) is 5.26 Å². The van der Waals surface area contributed by atoms with Gasteiger partial charge in [-0.05, 0) is 41.9 Å². The summed E-state index contributed by atoms with van der Waals surface area (Å²) in [4.78, 5) is 23.5. The molecule has 0 atom stereocenters. The molecule has 2 aromatic rings. The lowest BCUT2D eigenvalue weighted by molar-refractivity contribution is 0.102. The van der Waals surface area contributed by atoms with Crippen molar-refractivity contribution in [3.05, 3.63) is 70.8 Å². The summed E-state index contributed by atoms with van der Waals surface area (Å²) in [7, 11) is 0. The fourth-order valence-corrected chi connectivity index (χ4v) is 1.87. The van der Waals surface area contributed by atoms with Gasteiger partial charge in [-0.15, -0.1) is 0 Å². The predicted molar refractivity (Wildman–Crippen MR) is 71.2 cm³/mol. The fourth-order valence-electron chi connectivity index (χ4n) is 1.70. The molecular formula is C15H8ClNO2. The van der Waals surface area contributed by atoms with E-state index in [1.807, 2.05) is 6.07 Å². The molecule has 0 N–H and O–H groups in total. The van der Waals surface area contributed by atoms with Crippen molar-refractivity contribution in [2.45, 2.75) is 0 Å². The molecule has 3 nitrogen and oxygen atoms in total. The number of carbonyl (C=O) groups excluding carboxylic acids is 2. The zero-order chi connectivity index (χ0) is 13.8. The first-order valence-corrected chi connectivity index (χ1v) is 5.85. The third-order valence-electron chi connectivity index (χ3n) is 2.66. The highest BCUT2D eigenvalue weighted by molar-refractivity contribution is 6.68. The number of rotatable bonds is 3. The second-order valence-corrected chi connectivity index (χ2v) is 4.18. The van der Waals surface area contributed by atoms with Crippen LogP contribution in [0.4, 0.5) is 0 Å². The topological polar surface area (TPSA) is 57.9 Å². The quantitative estimate of drug-likeness (QED) is 0.635. The van der Waals surface area contributed by atoms with Crippen molar-refractivity contribution in [2.24, 2.45) is 0 Å². The van der Waals surface area contributed by atoms with E-state index in [0.29, 0.717) is 11.1 Å². The van der Waals surface area contributed by atoms with Gasteiger partial charge in [0.1, 0.15) is 0 Å². The van der Waals surface area contributed by atoms with E-state index < -0.39 is 5.24 Å². The van der Waals surface area contributed by atoms with Gasteiger partial charge in [-0.3, -0.25) is 9.59 Å². The summed E-state index contributed by atoms with van der Waals surface area (Å²) in [6.07, 6.45) is 0. The van der Waals surface area contributed by atoms with Crippen LogP contribution in [0.15, 0.2) is 48.5 Å². The van der Waals surface area contributed by atoms with Crippen LogP contribution in [0.3, 0.4) is 0 Å². The van der Waals surface area contributed by atoms with Crippen LogP contribution in [0.25, 0.3) is 0 Å². The lowest BCUT2D eigenvalue weighted by Gasteiger charge is -2.05. The van der Waals surface area contributed by atoms with Gasteiger partial charge < -0.3 is 0 Å². The number of halogens is 1. The van der Waals surface area contributed by atoms with Crippen LogP contribution < -0.4 is 0 Å². The minimum absolute atomic E-state index is 0.179. The number of ketones is 1. The number of nitriles is 1. The number of carbonyl (C=O) groups is 2. The standard InChI is InChI=1S/C15H8ClNO2/c16-15(19)13-4-2-1-3-12(13)14(18)11-7-5-10(9-17)6-8-11/h1-8H. The highest BCUT2D eigenvalue weighted by Gasteiger charge is 2.16. The first kappa shape index (κ1) is 13.0. The van der Waals surface area contributed by atoms with Crippen LogP contribution in [0.5, 0.6) is 0 Å². The first-order valence-electron chi connectivity index (χ1n) is 5.47. The number of hydrogen-bond donors (Lipinski definition) is 0. The maximum atomic E-state index is 12.3. The molecule has 0 aliphatic rings. The van der Waals surface area contributed by atoms with Crippen LogP contribution in [-0.4, -0.2) is 11.0 Å². The number of benzene rings is 2. The molecule has 0 bridgehead atoms. The van der Waals surface area contributed by atoms with Gasteiger partial charge in [0, 0.05) is 16.7 Å². The van der Waals surface area contributed by atoms with E-state index in [0.717, 1.165) is 0 Å². The van der Waals surface area contributed by atoms with E-state index in [-0.39, 0.29) is 16.9 Å². The van der Waals surface area contributed by atoms with Gasteiger partial charge in [0.15, 0.2) is 5.78 Å². The number of nitrogens with zero attached hydrogens (tertiary/aromatic N) is 1. The number of hydrogen-bond acceptors (Lipinski definition) is 3. The van der Waals surface area contributed by atoms with Gasteiger partial charge in [-0.25, -0.2) is 0 Å². The molecule has 0 amide bonds. The minimum atomic E-state index is -0.669. The van der Waals surface area contributed by atoms with E-state index in [2.05, 4.69) is 0 Å². The Bertz CT molecular complexity index is 684. The zero-order valence-corrected chi connectivity index (χ0v) is 10.5. The summed E-state index contributed by atoms with van der Waals surface area (Å²) in [6.45, 7) is 0. The molecule has 19 heavy (non-hydrogen) atoms. The normalized spacial score (nSPS) is 9.68. The summed E-state index contributed by atoms with van der Waals surface area (Å²) in [6, 6.07) is 14.6. The van der Waals surface area contributed by atoms with Crippen molar-refractivity contribution >= 4 is 22.6 Å². The molecule has 2 aromatic carbocycles. The highest BCUT2D eigenvalue weighted by atomic mass is 35.5. The lowest BCUT2D eigenvalue weighted by atomic mass is 9.98. The Kier molecular flexibility index (Phi) is 3.74. The van der Waals surface area contributed by atoms with E-state index in [1.165, 1.54) is 6.07 Å². The molecule has 4 heteroatoms. The summed E-state index contributed by atoms with van der Waals surface area (Å²) in [5.41, 5.74) is 1.31. The van der Waals surface area contributed by atoms with Crippen molar-refractivity contribution < 1.29 is 9.59 Å². The van der Waals surface area contributed by atoms with Crippen molar-refractivity contribution in [2.75, 3.05) is 0 Å². The lowest BCUT2D eigenvalue weighted by Crippen LogP contribution is -2.07. The van der Waals surface area contributed by atoms with Crippen molar-refractivity contribution in [3.63, 3.8) is 0 Å². The Balaban J connectivity index is 2.44. The van der Waals surface area contributed by atoms with E-state index in [9.17, 15) is 9.59 Å². The van der Waals surface area contributed by atoms with Crippen LogP contribution in [-0.2, 0) is 0 Å². The summed E-state index contributed by atoms with van der Waals surface area (Å²) >= 11 is 5.45. The monoisotopic (exact) mass is 269 g/mol. The smallest absolute Gasteiger partial charge is 0.253 e. The molecule has 0 fully saturated rings. The Labute approximate surface area is 115 Å². The largest absolute Gasteiger partial charge is 0.289 e. The molecule has 0 saturated carbocycles. The molecule has 0 aliphatic heterocycles. The minimum Gasteiger partial charge on any atom is -0.289 e. The Morgan fingerprint density at radius 1 is 0.947 bits per heavy atom. The van der Waals surface area contributed by atoms with Crippen molar-refractivity contribution in [1.29, 1.82) is 5.26 Å². The van der Waals surface area contributed by atoms with Gasteiger partial charge in [0.25, 0.3) is 5.24 Å². The zero-order valence-electron chi connectivity index (χ0n) is 9.76. The molecule has 2 rings (SSSR count). The Morgan fingerprint density at radius 2 is 1.53 bits per heavy atom. The van der Waals surface area contributed by atoms with Crippen molar-refractivity contribution in [3.8, 4) is 6.07 Å². The molecule has 0 radical (unpaired) electrons. The molecule has 92 valence electrons. The third-order valence-corrected chi connectivity index (χ3v) is 2.86. The second-order valence-electron chi connectivity index (χ2n) is 3.84. The Hall–Kier alpha value is -2.44. The average Bonchev–Trinajstić information content (AvgIpc) is 2.46. The Morgan fingerprint density at radius 3 is 2.05 bits per heavy atom. The van der Waals surface area contributed by atoms with Gasteiger partial charge >= 0.3 is 0 Å².